The Balaban J connectivity index is 2.32. The van der Waals surface area contributed by atoms with Crippen LogP contribution in [-0.4, -0.2) is 9.91 Å². The summed E-state index contributed by atoms with van der Waals surface area (Å²) in [4.78, 5) is 13.9. The van der Waals surface area contributed by atoms with Gasteiger partial charge in [-0.05, 0) is 18.2 Å². The van der Waals surface area contributed by atoms with E-state index in [4.69, 9.17) is 21.6 Å². The zero-order valence-corrected chi connectivity index (χ0v) is 10.2. The van der Waals surface area contributed by atoms with Gasteiger partial charge >= 0.3 is 0 Å². The number of hydrogen-bond acceptors (Lipinski definition) is 5. The molecule has 0 aliphatic heterocycles. The molecule has 1 aromatic carbocycles. The topological polar surface area (TPSA) is 89.0 Å². The average molecular weight is 276 g/mol. The number of nitriles is 1. The normalized spacial score (nSPS) is 9.68. The van der Waals surface area contributed by atoms with Gasteiger partial charge in [0.15, 0.2) is 0 Å². The molecule has 0 saturated heterocycles. The summed E-state index contributed by atoms with van der Waals surface area (Å²) >= 11 is 5.76. The largest absolute Gasteiger partial charge is 0.438 e. The lowest BCUT2D eigenvalue weighted by Crippen LogP contribution is -1.93. The summed E-state index contributed by atoms with van der Waals surface area (Å²) in [6.07, 6.45) is 1.48. The van der Waals surface area contributed by atoms with Crippen molar-refractivity contribution in [3.63, 3.8) is 0 Å². The van der Waals surface area contributed by atoms with E-state index in [9.17, 15) is 10.1 Å². The van der Waals surface area contributed by atoms with E-state index in [1.807, 2.05) is 6.07 Å². The molecule has 0 spiro atoms. The number of halogens is 1. The number of nitro benzene ring substituents is 1. The maximum Gasteiger partial charge on any atom is 0.288 e. The number of aromatic nitrogens is 1. The number of hydrogen-bond donors (Lipinski definition) is 0. The molecule has 0 bridgehead atoms. The van der Waals surface area contributed by atoms with E-state index in [1.54, 1.807) is 12.1 Å². The molecule has 2 rings (SSSR count). The van der Waals surface area contributed by atoms with E-state index in [0.29, 0.717) is 0 Å². The fraction of sp³-hybridized carbons (Fsp3) is 0. The predicted octanol–water partition coefficient (Wildman–Crippen LogP) is 3.31. The minimum atomic E-state index is -0.590. The first kappa shape index (κ1) is 12.8. The lowest BCUT2D eigenvalue weighted by molar-refractivity contribution is -0.384. The van der Waals surface area contributed by atoms with Crippen molar-refractivity contribution in [2.75, 3.05) is 0 Å². The highest BCUT2D eigenvalue weighted by atomic mass is 35.5. The van der Waals surface area contributed by atoms with Gasteiger partial charge in [-0.3, -0.25) is 10.1 Å². The zero-order chi connectivity index (χ0) is 13.8. The summed E-state index contributed by atoms with van der Waals surface area (Å²) in [7, 11) is 0. The SMILES string of the molecule is N#Cc1cccnc1Oc1ccc([N+](=O)[O-])c(Cl)c1. The molecule has 94 valence electrons. The molecule has 0 saturated carbocycles. The number of nitrogens with zero attached hydrogens (tertiary/aromatic N) is 3. The minimum Gasteiger partial charge on any atom is -0.438 e. The Morgan fingerprint density at radius 2 is 2.21 bits per heavy atom. The van der Waals surface area contributed by atoms with Crippen LogP contribution < -0.4 is 4.74 Å². The minimum absolute atomic E-state index is 0.0445. The van der Waals surface area contributed by atoms with Gasteiger partial charge in [-0.25, -0.2) is 4.98 Å². The molecule has 0 radical (unpaired) electrons. The first-order valence-corrected chi connectivity index (χ1v) is 5.46. The van der Waals surface area contributed by atoms with E-state index in [0.717, 1.165) is 0 Å². The zero-order valence-electron chi connectivity index (χ0n) is 9.41. The van der Waals surface area contributed by atoms with Crippen LogP contribution >= 0.6 is 11.6 Å². The van der Waals surface area contributed by atoms with Crippen molar-refractivity contribution >= 4 is 17.3 Å². The van der Waals surface area contributed by atoms with Crippen LogP contribution in [0, 0.1) is 21.4 Å². The Hall–Kier alpha value is -2.65. The van der Waals surface area contributed by atoms with Gasteiger partial charge in [-0.2, -0.15) is 5.26 Å². The molecule has 6 nitrogen and oxygen atoms in total. The molecule has 0 fully saturated rings. The van der Waals surface area contributed by atoms with E-state index in [1.165, 1.54) is 24.4 Å². The van der Waals surface area contributed by atoms with E-state index < -0.39 is 4.92 Å². The van der Waals surface area contributed by atoms with Crippen LogP contribution in [0.5, 0.6) is 11.6 Å². The predicted molar refractivity (Wildman–Crippen MR) is 67.1 cm³/mol. The van der Waals surface area contributed by atoms with Crippen molar-refractivity contribution in [3.05, 3.63) is 57.2 Å². The molecular formula is C12H6ClN3O3. The van der Waals surface area contributed by atoms with Crippen LogP contribution in [-0.2, 0) is 0 Å². The fourth-order valence-electron chi connectivity index (χ4n) is 1.37. The molecule has 0 amide bonds. The smallest absolute Gasteiger partial charge is 0.288 e. The van der Waals surface area contributed by atoms with Crippen LogP contribution in [0.4, 0.5) is 5.69 Å². The number of nitro groups is 1. The molecule has 1 aromatic heterocycles. The molecule has 0 aliphatic carbocycles. The van der Waals surface area contributed by atoms with Crippen molar-refractivity contribution in [3.8, 4) is 17.7 Å². The summed E-state index contributed by atoms with van der Waals surface area (Å²) in [6, 6.07) is 9.01. The van der Waals surface area contributed by atoms with Crippen molar-refractivity contribution in [2.24, 2.45) is 0 Å². The van der Waals surface area contributed by atoms with Crippen molar-refractivity contribution in [1.82, 2.24) is 4.98 Å². The lowest BCUT2D eigenvalue weighted by Gasteiger charge is -2.06. The van der Waals surface area contributed by atoms with Crippen molar-refractivity contribution in [2.45, 2.75) is 0 Å². The van der Waals surface area contributed by atoms with Gasteiger partial charge < -0.3 is 4.74 Å². The summed E-state index contributed by atoms with van der Waals surface area (Å²) in [6.45, 7) is 0. The molecule has 2 aromatic rings. The Morgan fingerprint density at radius 3 is 2.84 bits per heavy atom. The van der Waals surface area contributed by atoms with Gasteiger partial charge in [-0.1, -0.05) is 11.6 Å². The van der Waals surface area contributed by atoms with Crippen LogP contribution in [0.25, 0.3) is 0 Å². The molecule has 7 heteroatoms. The van der Waals surface area contributed by atoms with Crippen LogP contribution in [0.15, 0.2) is 36.5 Å². The van der Waals surface area contributed by atoms with Crippen LogP contribution in [0.2, 0.25) is 5.02 Å². The third kappa shape index (κ3) is 2.78. The average Bonchev–Trinajstić information content (AvgIpc) is 2.39. The summed E-state index contributed by atoms with van der Waals surface area (Å²) in [5.74, 6) is 0.390. The second-order valence-corrected chi connectivity index (χ2v) is 3.85. The molecule has 0 N–H and O–H groups in total. The number of benzene rings is 1. The highest BCUT2D eigenvalue weighted by Gasteiger charge is 2.14. The van der Waals surface area contributed by atoms with Gasteiger partial charge in [0.1, 0.15) is 22.4 Å². The van der Waals surface area contributed by atoms with Crippen LogP contribution in [0.1, 0.15) is 5.56 Å². The second kappa shape index (κ2) is 5.33. The first-order chi connectivity index (χ1) is 9.11. The number of pyridine rings is 1. The maximum atomic E-state index is 10.6. The quantitative estimate of drug-likeness (QED) is 0.633. The Morgan fingerprint density at radius 1 is 1.42 bits per heavy atom. The van der Waals surface area contributed by atoms with Gasteiger partial charge in [0, 0.05) is 18.3 Å². The van der Waals surface area contributed by atoms with E-state index in [-0.39, 0.29) is 27.9 Å². The third-order valence-corrected chi connectivity index (χ3v) is 2.52. The lowest BCUT2D eigenvalue weighted by atomic mass is 10.3. The van der Waals surface area contributed by atoms with E-state index in [2.05, 4.69) is 4.98 Å². The molecule has 1 heterocycles. The highest BCUT2D eigenvalue weighted by Crippen LogP contribution is 2.31. The van der Waals surface area contributed by atoms with Gasteiger partial charge in [0.05, 0.1) is 4.92 Å². The monoisotopic (exact) mass is 275 g/mol. The molecule has 19 heavy (non-hydrogen) atoms. The number of rotatable bonds is 3. The van der Waals surface area contributed by atoms with Crippen molar-refractivity contribution in [1.29, 1.82) is 5.26 Å². The molecular weight excluding hydrogens is 270 g/mol. The molecule has 0 atom stereocenters. The number of ether oxygens (including phenoxy) is 1. The summed E-state index contributed by atoms with van der Waals surface area (Å²) in [5.41, 5.74) is 0.0486. The first-order valence-electron chi connectivity index (χ1n) is 5.08. The summed E-state index contributed by atoms with van der Waals surface area (Å²) < 4.78 is 5.38. The van der Waals surface area contributed by atoms with Crippen LogP contribution in [0.3, 0.4) is 0 Å². The Labute approximate surface area is 113 Å². The van der Waals surface area contributed by atoms with Gasteiger partial charge in [0.2, 0.25) is 5.88 Å². The Bertz CT molecular complexity index is 682. The molecule has 0 unspecified atom stereocenters. The van der Waals surface area contributed by atoms with Gasteiger partial charge in [0.25, 0.3) is 5.69 Å². The third-order valence-electron chi connectivity index (χ3n) is 2.22. The van der Waals surface area contributed by atoms with Crippen molar-refractivity contribution < 1.29 is 9.66 Å². The van der Waals surface area contributed by atoms with E-state index >= 15 is 0 Å². The second-order valence-electron chi connectivity index (χ2n) is 3.44. The standard InChI is InChI=1S/C12H6ClN3O3/c13-10-6-9(3-4-11(10)16(17)18)19-12-8(7-14)2-1-5-15-12/h1-6H. The maximum absolute atomic E-state index is 10.6. The summed E-state index contributed by atoms with van der Waals surface area (Å²) in [5, 5.41) is 19.5. The Kier molecular flexibility index (Phi) is 3.59. The fourth-order valence-corrected chi connectivity index (χ4v) is 1.61. The molecule has 0 aliphatic rings. The highest BCUT2D eigenvalue weighted by molar-refractivity contribution is 6.32. The van der Waals surface area contributed by atoms with Gasteiger partial charge in [-0.15, -0.1) is 0 Å².